The Labute approximate surface area is 103 Å². The number of carboxylic acids is 1. The molecule has 0 spiro atoms. The van der Waals surface area contributed by atoms with Crippen molar-refractivity contribution in [3.63, 3.8) is 0 Å². The zero-order valence-electron chi connectivity index (χ0n) is 7.21. The standard InChI is InChI=1S/C8H8ClNO2.Na/c9-6-1-3-7(4-2-6)10-5-8(11)12;/h1-4,10H,5H2,(H,11,12);/q;+1/p-1. The van der Waals surface area contributed by atoms with E-state index in [9.17, 15) is 9.90 Å². The van der Waals surface area contributed by atoms with Gasteiger partial charge in [0.1, 0.15) is 0 Å². The quantitative estimate of drug-likeness (QED) is 0.558. The van der Waals surface area contributed by atoms with Gasteiger partial charge in [0.15, 0.2) is 0 Å². The molecule has 0 aliphatic rings. The molecule has 1 aromatic rings. The van der Waals surface area contributed by atoms with Gasteiger partial charge < -0.3 is 15.2 Å². The second-order valence-electron chi connectivity index (χ2n) is 2.23. The molecule has 5 heteroatoms. The normalized spacial score (nSPS) is 8.69. The van der Waals surface area contributed by atoms with Crippen LogP contribution in [-0.4, -0.2) is 12.5 Å². The fourth-order valence-electron chi connectivity index (χ4n) is 0.742. The van der Waals surface area contributed by atoms with Crippen LogP contribution in [0.1, 0.15) is 0 Å². The second kappa shape index (κ2) is 6.27. The molecule has 1 rings (SSSR count). The topological polar surface area (TPSA) is 52.2 Å². The smallest absolute Gasteiger partial charge is 0.548 e. The van der Waals surface area contributed by atoms with Crippen molar-refractivity contribution in [1.29, 1.82) is 0 Å². The van der Waals surface area contributed by atoms with Crippen LogP contribution >= 0.6 is 11.6 Å². The molecule has 0 aliphatic carbocycles. The van der Waals surface area contributed by atoms with Crippen molar-refractivity contribution in [1.82, 2.24) is 0 Å². The zero-order chi connectivity index (χ0) is 8.97. The molecule has 0 bridgehead atoms. The molecule has 0 aromatic heterocycles. The molecule has 3 nitrogen and oxygen atoms in total. The Hall–Kier alpha value is -0.220. The van der Waals surface area contributed by atoms with Crippen molar-refractivity contribution >= 4 is 23.3 Å². The van der Waals surface area contributed by atoms with E-state index in [-0.39, 0.29) is 36.1 Å². The number of aliphatic carboxylic acids is 1. The van der Waals surface area contributed by atoms with Crippen LogP contribution in [-0.2, 0) is 4.79 Å². The summed E-state index contributed by atoms with van der Waals surface area (Å²) in [7, 11) is 0. The van der Waals surface area contributed by atoms with E-state index in [0.717, 1.165) is 0 Å². The summed E-state index contributed by atoms with van der Waals surface area (Å²) in [5.74, 6) is -1.13. The summed E-state index contributed by atoms with van der Waals surface area (Å²) in [4.78, 5) is 10.0. The van der Waals surface area contributed by atoms with Gasteiger partial charge in [-0.05, 0) is 24.3 Å². The van der Waals surface area contributed by atoms with E-state index in [4.69, 9.17) is 11.6 Å². The number of nitrogens with one attached hydrogen (secondary N) is 1. The molecule has 0 heterocycles. The molecule has 0 amide bonds. The molecule has 0 saturated carbocycles. The minimum absolute atomic E-state index is 0. The maximum Gasteiger partial charge on any atom is 1.00 e. The van der Waals surface area contributed by atoms with E-state index in [1.54, 1.807) is 24.3 Å². The first-order valence-electron chi connectivity index (χ1n) is 3.38. The van der Waals surface area contributed by atoms with Crippen LogP contribution in [0.4, 0.5) is 5.69 Å². The maximum absolute atomic E-state index is 10.0. The fraction of sp³-hybridized carbons (Fsp3) is 0.125. The van der Waals surface area contributed by atoms with Crippen molar-refractivity contribution in [3.05, 3.63) is 29.3 Å². The number of rotatable bonds is 3. The number of carbonyl (C=O) groups is 1. The van der Waals surface area contributed by atoms with Gasteiger partial charge in [0.25, 0.3) is 0 Å². The van der Waals surface area contributed by atoms with Gasteiger partial charge in [-0.15, -0.1) is 0 Å². The average molecular weight is 208 g/mol. The molecule has 0 saturated heterocycles. The second-order valence-corrected chi connectivity index (χ2v) is 2.67. The van der Waals surface area contributed by atoms with Crippen LogP contribution in [0.15, 0.2) is 24.3 Å². The van der Waals surface area contributed by atoms with Gasteiger partial charge in [-0.3, -0.25) is 0 Å². The van der Waals surface area contributed by atoms with Crippen molar-refractivity contribution in [2.24, 2.45) is 0 Å². The molecule has 1 N–H and O–H groups in total. The summed E-state index contributed by atoms with van der Waals surface area (Å²) in [6.07, 6.45) is 0. The Morgan fingerprint density at radius 2 is 1.92 bits per heavy atom. The van der Waals surface area contributed by atoms with Crippen molar-refractivity contribution in [3.8, 4) is 0 Å². The fourth-order valence-corrected chi connectivity index (χ4v) is 0.868. The van der Waals surface area contributed by atoms with Crippen LogP contribution in [0.25, 0.3) is 0 Å². The molecular weight excluding hydrogens is 201 g/mol. The number of carbonyl (C=O) groups excluding carboxylic acids is 1. The predicted octanol–water partition coefficient (Wildman–Crippen LogP) is -2.49. The first-order valence-corrected chi connectivity index (χ1v) is 3.75. The van der Waals surface area contributed by atoms with Crippen LogP contribution < -0.4 is 40.0 Å². The Kier molecular flexibility index (Phi) is 6.16. The largest absolute Gasteiger partial charge is 1.00 e. The number of hydrogen-bond acceptors (Lipinski definition) is 3. The number of hydrogen-bond donors (Lipinski definition) is 1. The van der Waals surface area contributed by atoms with Gasteiger partial charge in [0, 0.05) is 10.7 Å². The summed E-state index contributed by atoms with van der Waals surface area (Å²) in [5, 5.41) is 13.3. The van der Waals surface area contributed by atoms with E-state index in [1.165, 1.54) is 0 Å². The van der Waals surface area contributed by atoms with E-state index in [1.807, 2.05) is 0 Å². The zero-order valence-corrected chi connectivity index (χ0v) is 9.97. The van der Waals surface area contributed by atoms with Crippen LogP contribution in [0.5, 0.6) is 0 Å². The molecule has 0 aliphatic heterocycles. The molecule has 13 heavy (non-hydrogen) atoms. The van der Waals surface area contributed by atoms with Crippen LogP contribution in [0.2, 0.25) is 5.02 Å². The van der Waals surface area contributed by atoms with E-state index in [2.05, 4.69) is 5.32 Å². The van der Waals surface area contributed by atoms with Crippen LogP contribution in [0.3, 0.4) is 0 Å². The van der Waals surface area contributed by atoms with Gasteiger partial charge in [0.05, 0.1) is 12.5 Å². The summed E-state index contributed by atoms with van der Waals surface area (Å²) >= 11 is 5.62. The number of benzene rings is 1. The van der Waals surface area contributed by atoms with E-state index in [0.29, 0.717) is 10.7 Å². The minimum Gasteiger partial charge on any atom is -0.548 e. The third-order valence-corrected chi connectivity index (χ3v) is 1.53. The van der Waals surface area contributed by atoms with Crippen molar-refractivity contribution in [2.75, 3.05) is 11.9 Å². The van der Waals surface area contributed by atoms with Crippen molar-refractivity contribution in [2.45, 2.75) is 0 Å². The number of halogens is 1. The molecule has 0 fully saturated rings. The molecule has 0 atom stereocenters. The summed E-state index contributed by atoms with van der Waals surface area (Å²) in [5.41, 5.74) is 0.712. The Balaban J connectivity index is 0.00000144. The predicted molar refractivity (Wildman–Crippen MR) is 44.9 cm³/mol. The van der Waals surface area contributed by atoms with Gasteiger partial charge >= 0.3 is 29.6 Å². The Bertz CT molecular complexity index is 276. The monoisotopic (exact) mass is 207 g/mol. The molecule has 0 radical (unpaired) electrons. The first-order chi connectivity index (χ1) is 5.68. The summed E-state index contributed by atoms with van der Waals surface area (Å²) < 4.78 is 0. The van der Waals surface area contributed by atoms with Gasteiger partial charge in [0.2, 0.25) is 0 Å². The van der Waals surface area contributed by atoms with E-state index >= 15 is 0 Å². The van der Waals surface area contributed by atoms with Gasteiger partial charge in [-0.2, -0.15) is 0 Å². The number of carboxylic acid groups (broad SMARTS) is 1. The molecule has 1 aromatic carbocycles. The Morgan fingerprint density at radius 1 is 1.38 bits per heavy atom. The van der Waals surface area contributed by atoms with Crippen LogP contribution in [0, 0.1) is 0 Å². The minimum atomic E-state index is -1.13. The summed E-state index contributed by atoms with van der Waals surface area (Å²) in [6, 6.07) is 6.76. The summed E-state index contributed by atoms with van der Waals surface area (Å²) in [6.45, 7) is -0.193. The average Bonchev–Trinajstić information content (AvgIpc) is 2.03. The van der Waals surface area contributed by atoms with Gasteiger partial charge in [-0.1, -0.05) is 11.6 Å². The third-order valence-electron chi connectivity index (χ3n) is 1.28. The van der Waals surface area contributed by atoms with E-state index < -0.39 is 5.97 Å². The van der Waals surface area contributed by atoms with Gasteiger partial charge in [-0.25, -0.2) is 0 Å². The van der Waals surface area contributed by atoms with Crippen molar-refractivity contribution < 1.29 is 39.5 Å². The molecule has 64 valence electrons. The third kappa shape index (κ3) is 5.16. The molecular formula is C8H7ClNNaO2. The SMILES string of the molecule is O=C([O-])CNc1ccc(Cl)cc1.[Na+]. The maximum atomic E-state index is 10.0. The Morgan fingerprint density at radius 3 is 2.38 bits per heavy atom. The molecule has 0 unspecified atom stereocenters. The number of anilines is 1. The first kappa shape index (κ1) is 12.8.